The quantitative estimate of drug-likeness (QED) is 0.814. The number of piperidine rings is 1. The van der Waals surface area contributed by atoms with Gasteiger partial charge in [0, 0.05) is 13.1 Å². The normalized spacial score (nSPS) is 31.7. The van der Waals surface area contributed by atoms with Crippen LogP contribution < -0.4 is 5.32 Å². The molecule has 0 bridgehead atoms. The molecular weight excluding hydrogens is 212 g/mol. The Morgan fingerprint density at radius 2 is 1.88 bits per heavy atom. The van der Waals surface area contributed by atoms with Crippen molar-refractivity contribution in [3.63, 3.8) is 0 Å². The first-order valence-electron chi connectivity index (χ1n) is 6.78. The van der Waals surface area contributed by atoms with Gasteiger partial charge < -0.3 is 10.2 Å². The summed E-state index contributed by atoms with van der Waals surface area (Å²) in [5, 5.41) is 3.13. The van der Waals surface area contributed by atoms with Gasteiger partial charge in [-0.15, -0.1) is 0 Å². The molecule has 1 aliphatic heterocycles. The molecule has 98 valence electrons. The second-order valence-electron chi connectivity index (χ2n) is 6.76. The van der Waals surface area contributed by atoms with Gasteiger partial charge in [0.1, 0.15) is 0 Å². The van der Waals surface area contributed by atoms with Crippen molar-refractivity contribution in [1.82, 2.24) is 10.2 Å². The van der Waals surface area contributed by atoms with E-state index < -0.39 is 0 Å². The molecule has 0 aromatic heterocycles. The van der Waals surface area contributed by atoms with Crippen molar-refractivity contribution in [3.8, 4) is 0 Å². The van der Waals surface area contributed by atoms with E-state index in [0.717, 1.165) is 25.9 Å². The van der Waals surface area contributed by atoms with Crippen LogP contribution in [-0.4, -0.2) is 37.0 Å². The average Bonchev–Trinajstić information content (AvgIpc) is 2.63. The Morgan fingerprint density at radius 3 is 2.35 bits per heavy atom. The van der Waals surface area contributed by atoms with E-state index in [0.29, 0.717) is 22.7 Å². The largest absolute Gasteiger partial charge is 0.341 e. The number of nitrogens with one attached hydrogen (secondary N) is 1. The second kappa shape index (κ2) is 3.98. The van der Waals surface area contributed by atoms with Gasteiger partial charge in [-0.1, -0.05) is 27.7 Å². The molecule has 1 amide bonds. The van der Waals surface area contributed by atoms with Gasteiger partial charge in [0.2, 0.25) is 5.91 Å². The minimum Gasteiger partial charge on any atom is -0.341 e. The van der Waals surface area contributed by atoms with E-state index in [1.54, 1.807) is 0 Å². The van der Waals surface area contributed by atoms with Crippen LogP contribution >= 0.6 is 0 Å². The highest BCUT2D eigenvalue weighted by Gasteiger charge is 2.64. The minimum absolute atomic E-state index is 0.0497. The number of carbonyl (C=O) groups is 1. The number of carbonyl (C=O) groups excluding carboxylic acids is 1. The molecule has 3 nitrogen and oxygen atoms in total. The Balaban J connectivity index is 1.99. The second-order valence-corrected chi connectivity index (χ2v) is 6.76. The van der Waals surface area contributed by atoms with Crippen molar-refractivity contribution in [1.29, 1.82) is 0 Å². The molecule has 1 unspecified atom stereocenters. The van der Waals surface area contributed by atoms with Crippen LogP contribution in [0.4, 0.5) is 0 Å². The van der Waals surface area contributed by atoms with Gasteiger partial charge in [-0.2, -0.15) is 0 Å². The summed E-state index contributed by atoms with van der Waals surface area (Å²) in [6, 6.07) is 0.0497. The molecule has 1 saturated heterocycles. The Morgan fingerprint density at radius 1 is 1.29 bits per heavy atom. The number of likely N-dealkylation sites (tertiary alicyclic amines) is 1. The monoisotopic (exact) mass is 238 g/mol. The zero-order valence-electron chi connectivity index (χ0n) is 11.8. The van der Waals surface area contributed by atoms with Gasteiger partial charge in [-0.3, -0.25) is 4.79 Å². The number of rotatable bonds is 3. The number of amides is 1. The predicted octanol–water partition coefficient (Wildman–Crippen LogP) is 1.88. The molecule has 2 rings (SSSR count). The average molecular weight is 238 g/mol. The predicted molar refractivity (Wildman–Crippen MR) is 69.7 cm³/mol. The third-order valence-corrected chi connectivity index (χ3v) is 5.60. The molecule has 0 spiro atoms. The Labute approximate surface area is 105 Å². The van der Waals surface area contributed by atoms with Crippen molar-refractivity contribution in [2.75, 3.05) is 20.1 Å². The van der Waals surface area contributed by atoms with Gasteiger partial charge >= 0.3 is 0 Å². The molecule has 1 saturated carbocycles. The lowest BCUT2D eigenvalue weighted by Gasteiger charge is -2.32. The van der Waals surface area contributed by atoms with Gasteiger partial charge in [-0.25, -0.2) is 0 Å². The highest BCUT2D eigenvalue weighted by Crippen LogP contribution is 2.68. The van der Waals surface area contributed by atoms with Crippen molar-refractivity contribution < 1.29 is 4.79 Å². The van der Waals surface area contributed by atoms with Gasteiger partial charge in [-0.05, 0) is 36.6 Å². The smallest absolute Gasteiger partial charge is 0.239 e. The molecule has 1 atom stereocenters. The maximum absolute atomic E-state index is 12.2. The fourth-order valence-corrected chi connectivity index (χ4v) is 3.40. The highest BCUT2D eigenvalue weighted by atomic mass is 16.2. The standard InChI is InChI=1S/C14H26N2O/c1-13(2)11(14(13,3)4)9-16-8-6-7-10(15-5)12(16)17/h10-11,15H,6-9H2,1-5H3. The third kappa shape index (κ3) is 1.88. The van der Waals surface area contributed by atoms with E-state index in [4.69, 9.17) is 0 Å². The van der Waals surface area contributed by atoms with Crippen molar-refractivity contribution in [3.05, 3.63) is 0 Å². The molecule has 2 aliphatic rings. The maximum atomic E-state index is 12.2. The fourth-order valence-electron chi connectivity index (χ4n) is 3.40. The lowest BCUT2D eigenvalue weighted by Crippen LogP contribution is -2.50. The van der Waals surface area contributed by atoms with Crippen LogP contribution in [0.2, 0.25) is 0 Å². The van der Waals surface area contributed by atoms with Crippen LogP contribution in [0, 0.1) is 16.7 Å². The molecule has 0 aromatic carbocycles. The first-order chi connectivity index (χ1) is 7.82. The summed E-state index contributed by atoms with van der Waals surface area (Å²) in [5.41, 5.74) is 0.750. The molecule has 17 heavy (non-hydrogen) atoms. The van der Waals surface area contributed by atoms with E-state index in [1.807, 2.05) is 7.05 Å². The molecule has 0 radical (unpaired) electrons. The number of hydrogen-bond acceptors (Lipinski definition) is 2. The maximum Gasteiger partial charge on any atom is 0.239 e. The van der Waals surface area contributed by atoms with Crippen LogP contribution in [0.1, 0.15) is 40.5 Å². The summed E-state index contributed by atoms with van der Waals surface area (Å²) in [6.45, 7) is 11.2. The Kier molecular flexibility index (Phi) is 3.01. The summed E-state index contributed by atoms with van der Waals surface area (Å²) in [6.07, 6.45) is 2.12. The van der Waals surface area contributed by atoms with Crippen molar-refractivity contribution in [2.45, 2.75) is 46.6 Å². The molecule has 0 aromatic rings. The van der Waals surface area contributed by atoms with Crippen molar-refractivity contribution in [2.24, 2.45) is 16.7 Å². The van der Waals surface area contributed by atoms with E-state index in [2.05, 4.69) is 37.9 Å². The Hall–Kier alpha value is -0.570. The molecule has 3 heteroatoms. The van der Waals surface area contributed by atoms with Crippen molar-refractivity contribution >= 4 is 5.91 Å². The number of nitrogens with zero attached hydrogens (tertiary/aromatic N) is 1. The zero-order chi connectivity index (χ0) is 12.8. The molecule has 1 N–H and O–H groups in total. The van der Waals surface area contributed by atoms with Gasteiger partial charge in [0.05, 0.1) is 6.04 Å². The van der Waals surface area contributed by atoms with E-state index >= 15 is 0 Å². The SMILES string of the molecule is CNC1CCCN(CC2C(C)(C)C2(C)C)C1=O. The van der Waals surface area contributed by atoms with Gasteiger partial charge in [0.15, 0.2) is 0 Å². The van der Waals surface area contributed by atoms with E-state index in [-0.39, 0.29) is 6.04 Å². The van der Waals surface area contributed by atoms with Crippen LogP contribution in [0.5, 0.6) is 0 Å². The topological polar surface area (TPSA) is 32.3 Å². The van der Waals surface area contributed by atoms with Gasteiger partial charge in [0.25, 0.3) is 0 Å². The van der Waals surface area contributed by atoms with Crippen LogP contribution in [0.3, 0.4) is 0 Å². The first kappa shape index (κ1) is 12.9. The summed E-state index contributed by atoms with van der Waals surface area (Å²) < 4.78 is 0. The highest BCUT2D eigenvalue weighted by molar-refractivity contribution is 5.82. The Bertz CT molecular complexity index is 308. The summed E-state index contributed by atoms with van der Waals surface area (Å²) in [5.74, 6) is 0.951. The molecule has 1 aliphatic carbocycles. The summed E-state index contributed by atoms with van der Waals surface area (Å²) in [7, 11) is 1.89. The summed E-state index contributed by atoms with van der Waals surface area (Å²) in [4.78, 5) is 14.3. The lowest BCUT2D eigenvalue weighted by atomic mass is 10.0. The van der Waals surface area contributed by atoms with Crippen LogP contribution in [0.25, 0.3) is 0 Å². The molecular formula is C14H26N2O. The minimum atomic E-state index is 0.0497. The summed E-state index contributed by atoms with van der Waals surface area (Å²) >= 11 is 0. The van der Waals surface area contributed by atoms with E-state index in [1.165, 1.54) is 0 Å². The fraction of sp³-hybridized carbons (Fsp3) is 0.929. The van der Waals surface area contributed by atoms with E-state index in [9.17, 15) is 4.79 Å². The van der Waals surface area contributed by atoms with Crippen LogP contribution in [-0.2, 0) is 4.79 Å². The third-order valence-electron chi connectivity index (χ3n) is 5.60. The van der Waals surface area contributed by atoms with Crippen LogP contribution in [0.15, 0.2) is 0 Å². The molecule has 1 heterocycles. The molecule has 2 fully saturated rings. The first-order valence-corrected chi connectivity index (χ1v) is 6.78. The number of likely N-dealkylation sites (N-methyl/N-ethyl adjacent to an activating group) is 1. The zero-order valence-corrected chi connectivity index (χ0v) is 11.8. The number of hydrogen-bond donors (Lipinski definition) is 1. The lowest BCUT2D eigenvalue weighted by molar-refractivity contribution is -0.136.